The summed E-state index contributed by atoms with van der Waals surface area (Å²) in [6, 6.07) is 11.7. The van der Waals surface area contributed by atoms with Crippen LogP contribution in [-0.4, -0.2) is 18.5 Å². The molecule has 0 saturated heterocycles. The van der Waals surface area contributed by atoms with Gasteiger partial charge in [-0.25, -0.2) is 4.79 Å². The highest BCUT2D eigenvalue weighted by atomic mass is 16.5. The average molecular weight is 439 g/mol. The lowest BCUT2D eigenvalue weighted by Gasteiger charge is -2.27. The Morgan fingerprint density at radius 1 is 0.969 bits per heavy atom. The molecular weight excluding hydrogens is 400 g/mol. The third kappa shape index (κ3) is 6.94. The molecule has 0 unspecified atom stereocenters. The van der Waals surface area contributed by atoms with Crippen LogP contribution in [0, 0.1) is 6.92 Å². The normalized spacial score (nSPS) is 11.3. The molecule has 0 atom stereocenters. The summed E-state index contributed by atoms with van der Waals surface area (Å²) in [5.74, 6) is -0.287. The Bertz CT molecular complexity index is 910. The van der Waals surface area contributed by atoms with Gasteiger partial charge in [-0.1, -0.05) is 64.8 Å². The first kappa shape index (κ1) is 25.6. The molecule has 0 amide bonds. The topological polar surface area (TPSA) is 52.6 Å². The van der Waals surface area contributed by atoms with Crippen molar-refractivity contribution < 1.29 is 19.1 Å². The molecule has 0 fully saturated rings. The number of esters is 2. The van der Waals surface area contributed by atoms with Crippen LogP contribution < -0.4 is 4.74 Å². The van der Waals surface area contributed by atoms with Gasteiger partial charge in [-0.3, -0.25) is 4.79 Å². The maximum absolute atomic E-state index is 12.9. The quantitative estimate of drug-likeness (QED) is 0.288. The van der Waals surface area contributed by atoms with Crippen molar-refractivity contribution in [2.75, 3.05) is 6.61 Å². The number of rotatable bonds is 11. The highest BCUT2D eigenvalue weighted by Gasteiger charge is 2.24. The highest BCUT2D eigenvalue weighted by Crippen LogP contribution is 2.35. The molecule has 4 heteroatoms. The maximum atomic E-state index is 12.9. The van der Waals surface area contributed by atoms with Crippen LogP contribution in [0.5, 0.6) is 5.75 Å². The molecule has 0 radical (unpaired) electrons. The second kappa shape index (κ2) is 11.8. The molecule has 174 valence electrons. The number of hydrogen-bond acceptors (Lipinski definition) is 4. The average Bonchev–Trinajstić information content (AvgIpc) is 2.74. The van der Waals surface area contributed by atoms with Gasteiger partial charge in [-0.05, 0) is 67.3 Å². The summed E-state index contributed by atoms with van der Waals surface area (Å²) >= 11 is 0. The summed E-state index contributed by atoms with van der Waals surface area (Å²) in [6.07, 6.45) is 5.42. The second-order valence-electron chi connectivity index (χ2n) is 9.09. The first-order valence-corrected chi connectivity index (χ1v) is 11.8. The predicted molar refractivity (Wildman–Crippen MR) is 129 cm³/mol. The van der Waals surface area contributed by atoms with E-state index in [2.05, 4.69) is 33.8 Å². The summed E-state index contributed by atoms with van der Waals surface area (Å²) in [5, 5.41) is 0. The summed E-state index contributed by atoms with van der Waals surface area (Å²) < 4.78 is 11.0. The van der Waals surface area contributed by atoms with E-state index in [4.69, 9.17) is 9.47 Å². The Hall–Kier alpha value is -2.62. The minimum Gasteiger partial charge on any atom is -0.466 e. The molecule has 0 spiro atoms. The van der Waals surface area contributed by atoms with Crippen molar-refractivity contribution in [3.05, 3.63) is 64.2 Å². The van der Waals surface area contributed by atoms with Crippen molar-refractivity contribution >= 4 is 11.9 Å². The number of carbonyl (C=O) groups is 2. The van der Waals surface area contributed by atoms with Crippen molar-refractivity contribution in [1.29, 1.82) is 0 Å². The van der Waals surface area contributed by atoms with Crippen LogP contribution in [0.2, 0.25) is 0 Å². The molecule has 0 aromatic heterocycles. The van der Waals surface area contributed by atoms with E-state index in [-0.39, 0.29) is 17.8 Å². The van der Waals surface area contributed by atoms with Crippen molar-refractivity contribution in [2.24, 2.45) is 0 Å². The first-order valence-electron chi connectivity index (χ1n) is 11.8. The van der Waals surface area contributed by atoms with Crippen LogP contribution in [0.1, 0.15) is 92.9 Å². The molecule has 0 saturated carbocycles. The fourth-order valence-corrected chi connectivity index (χ4v) is 3.99. The van der Waals surface area contributed by atoms with E-state index < -0.39 is 5.97 Å². The molecule has 2 aromatic carbocycles. The molecule has 0 aliphatic heterocycles. The van der Waals surface area contributed by atoms with Crippen LogP contribution in [-0.2, 0) is 27.8 Å². The summed E-state index contributed by atoms with van der Waals surface area (Å²) in [7, 11) is 0. The van der Waals surface area contributed by atoms with E-state index in [0.29, 0.717) is 23.5 Å². The van der Waals surface area contributed by atoms with Crippen LogP contribution in [0.25, 0.3) is 0 Å². The predicted octanol–water partition coefficient (Wildman–Crippen LogP) is 6.74. The third-order valence-electron chi connectivity index (χ3n) is 5.85. The van der Waals surface area contributed by atoms with Gasteiger partial charge >= 0.3 is 11.9 Å². The minimum atomic E-state index is -0.416. The van der Waals surface area contributed by atoms with Crippen molar-refractivity contribution in [1.82, 2.24) is 0 Å². The van der Waals surface area contributed by atoms with Crippen molar-refractivity contribution in [3.8, 4) is 5.75 Å². The third-order valence-corrected chi connectivity index (χ3v) is 5.85. The van der Waals surface area contributed by atoms with Crippen LogP contribution >= 0.6 is 0 Å². The molecule has 0 N–H and O–H groups in total. The number of hydrogen-bond donors (Lipinski definition) is 0. The fourth-order valence-electron chi connectivity index (χ4n) is 3.99. The van der Waals surface area contributed by atoms with Gasteiger partial charge in [0.05, 0.1) is 18.6 Å². The van der Waals surface area contributed by atoms with Crippen LogP contribution in [0.3, 0.4) is 0 Å². The SMILES string of the molecule is CCCCc1ccc(C(=O)Oc2c(C)cc(C(C)(C)CCC)cc2CC(=O)OCC)cc1. The zero-order valence-electron chi connectivity index (χ0n) is 20.5. The standard InChI is InChI=1S/C28H38O4/c1-7-10-11-21-12-14-22(15-13-21)27(30)32-26-20(4)17-24(28(5,6)16-8-2)18-23(26)19-25(29)31-9-3/h12-15,17-18H,7-11,16,19H2,1-6H3. The monoisotopic (exact) mass is 438 g/mol. The Labute approximate surface area is 193 Å². The van der Waals surface area contributed by atoms with Gasteiger partial charge in [0.2, 0.25) is 0 Å². The highest BCUT2D eigenvalue weighted by molar-refractivity contribution is 5.91. The Kier molecular flexibility index (Phi) is 9.49. The van der Waals surface area contributed by atoms with Crippen LogP contribution in [0.4, 0.5) is 0 Å². The largest absolute Gasteiger partial charge is 0.466 e. The van der Waals surface area contributed by atoms with E-state index in [0.717, 1.165) is 43.2 Å². The minimum absolute atomic E-state index is 0.0419. The molecule has 0 heterocycles. The second-order valence-corrected chi connectivity index (χ2v) is 9.09. The van der Waals surface area contributed by atoms with Gasteiger partial charge in [0.15, 0.2) is 0 Å². The van der Waals surface area contributed by atoms with E-state index in [1.54, 1.807) is 6.92 Å². The number of unbranched alkanes of at least 4 members (excludes halogenated alkanes) is 1. The first-order chi connectivity index (χ1) is 15.2. The Morgan fingerprint density at radius 3 is 2.25 bits per heavy atom. The lowest BCUT2D eigenvalue weighted by molar-refractivity contribution is -0.142. The molecule has 4 nitrogen and oxygen atoms in total. The number of carbonyl (C=O) groups excluding carboxylic acids is 2. The van der Waals surface area contributed by atoms with Crippen molar-refractivity contribution in [2.45, 2.75) is 85.5 Å². The molecular formula is C28H38O4. The molecule has 2 rings (SSSR count). The van der Waals surface area contributed by atoms with Gasteiger partial charge in [-0.2, -0.15) is 0 Å². The summed E-state index contributed by atoms with van der Waals surface area (Å²) in [6.45, 7) is 12.8. The maximum Gasteiger partial charge on any atom is 0.343 e. The van der Waals surface area contributed by atoms with E-state index in [1.165, 1.54) is 5.56 Å². The molecule has 2 aromatic rings. The van der Waals surface area contributed by atoms with Gasteiger partial charge in [0, 0.05) is 5.56 Å². The zero-order chi connectivity index (χ0) is 23.7. The zero-order valence-corrected chi connectivity index (χ0v) is 20.5. The Morgan fingerprint density at radius 2 is 1.66 bits per heavy atom. The van der Waals surface area contributed by atoms with E-state index in [9.17, 15) is 9.59 Å². The van der Waals surface area contributed by atoms with Gasteiger partial charge in [0.1, 0.15) is 5.75 Å². The number of ether oxygens (including phenoxy) is 2. The summed E-state index contributed by atoms with van der Waals surface area (Å²) in [5.41, 5.74) is 4.35. The Balaban J connectivity index is 2.35. The fraction of sp³-hybridized carbons (Fsp3) is 0.500. The summed E-state index contributed by atoms with van der Waals surface area (Å²) in [4.78, 5) is 25.2. The molecule has 0 bridgehead atoms. The van der Waals surface area contributed by atoms with E-state index in [1.807, 2.05) is 37.3 Å². The van der Waals surface area contributed by atoms with Gasteiger partial charge in [-0.15, -0.1) is 0 Å². The lowest BCUT2D eigenvalue weighted by Crippen LogP contribution is -2.19. The van der Waals surface area contributed by atoms with E-state index >= 15 is 0 Å². The molecule has 0 aliphatic carbocycles. The van der Waals surface area contributed by atoms with Crippen molar-refractivity contribution in [3.63, 3.8) is 0 Å². The lowest BCUT2D eigenvalue weighted by atomic mass is 9.79. The van der Waals surface area contributed by atoms with Crippen LogP contribution in [0.15, 0.2) is 36.4 Å². The number of benzene rings is 2. The number of aryl methyl sites for hydroxylation is 2. The molecule has 0 aliphatic rings. The van der Waals surface area contributed by atoms with Gasteiger partial charge in [0.25, 0.3) is 0 Å². The van der Waals surface area contributed by atoms with Gasteiger partial charge < -0.3 is 9.47 Å². The molecule has 32 heavy (non-hydrogen) atoms. The smallest absolute Gasteiger partial charge is 0.343 e.